The summed E-state index contributed by atoms with van der Waals surface area (Å²) in [5.74, 6) is 1.38. The van der Waals surface area contributed by atoms with Crippen LogP contribution in [-0.2, 0) is 4.79 Å². The maximum Gasteiger partial charge on any atom is 0.255 e. The van der Waals surface area contributed by atoms with Crippen molar-refractivity contribution in [1.82, 2.24) is 4.98 Å². The first-order chi connectivity index (χ1) is 16.0. The number of benzene rings is 1. The van der Waals surface area contributed by atoms with Crippen LogP contribution >= 0.6 is 0 Å². The van der Waals surface area contributed by atoms with Crippen LogP contribution in [0.2, 0.25) is 0 Å². The van der Waals surface area contributed by atoms with Gasteiger partial charge in [0.1, 0.15) is 5.82 Å². The third kappa shape index (κ3) is 6.06. The SMILES string of the molecule is CCOc1cc(C(=O)Nc2ccc(N3CCCC(C(N)=O)C3)nc2)cc(OCC)c1OCC. The van der Waals surface area contributed by atoms with Crippen LogP contribution in [0, 0.1) is 5.92 Å². The first-order valence-electron chi connectivity index (χ1n) is 11.3. The Balaban J connectivity index is 1.76. The molecule has 2 aromatic rings. The Kier molecular flexibility index (Phi) is 8.34. The van der Waals surface area contributed by atoms with Crippen molar-refractivity contribution >= 4 is 23.3 Å². The molecule has 0 spiro atoms. The van der Waals surface area contributed by atoms with Gasteiger partial charge in [0.15, 0.2) is 11.5 Å². The predicted octanol–water partition coefficient (Wildman–Crippen LogP) is 3.23. The molecule has 1 aliphatic heterocycles. The van der Waals surface area contributed by atoms with Crippen LogP contribution in [0.25, 0.3) is 0 Å². The highest BCUT2D eigenvalue weighted by Crippen LogP contribution is 2.39. The smallest absolute Gasteiger partial charge is 0.255 e. The quantitative estimate of drug-likeness (QED) is 0.564. The minimum atomic E-state index is -0.318. The molecule has 2 amide bonds. The average Bonchev–Trinajstić information content (AvgIpc) is 2.81. The van der Waals surface area contributed by atoms with E-state index >= 15 is 0 Å². The number of primary amides is 1. The molecule has 0 radical (unpaired) electrons. The van der Waals surface area contributed by atoms with Crippen LogP contribution < -0.4 is 30.2 Å². The number of piperidine rings is 1. The summed E-state index contributed by atoms with van der Waals surface area (Å²) in [6.45, 7) is 8.27. The van der Waals surface area contributed by atoms with Crippen LogP contribution in [0.1, 0.15) is 44.0 Å². The Bertz CT molecular complexity index is 937. The number of anilines is 2. The summed E-state index contributed by atoms with van der Waals surface area (Å²) < 4.78 is 17.1. The number of hydrogen-bond donors (Lipinski definition) is 2. The normalized spacial score (nSPS) is 15.6. The van der Waals surface area contributed by atoms with E-state index in [1.165, 1.54) is 0 Å². The Labute approximate surface area is 194 Å². The van der Waals surface area contributed by atoms with Gasteiger partial charge in [0.25, 0.3) is 5.91 Å². The lowest BCUT2D eigenvalue weighted by Crippen LogP contribution is -2.41. The van der Waals surface area contributed by atoms with Crippen molar-refractivity contribution in [1.29, 1.82) is 0 Å². The van der Waals surface area contributed by atoms with Crippen LogP contribution in [0.4, 0.5) is 11.5 Å². The molecule has 2 heterocycles. The van der Waals surface area contributed by atoms with Gasteiger partial charge < -0.3 is 30.2 Å². The number of pyridine rings is 1. The van der Waals surface area contributed by atoms with Gasteiger partial charge in [-0.2, -0.15) is 0 Å². The second-order valence-electron chi connectivity index (χ2n) is 7.65. The van der Waals surface area contributed by atoms with E-state index in [0.29, 0.717) is 54.9 Å². The van der Waals surface area contributed by atoms with Gasteiger partial charge in [-0.05, 0) is 57.9 Å². The van der Waals surface area contributed by atoms with Crippen LogP contribution in [0.5, 0.6) is 17.2 Å². The lowest BCUT2D eigenvalue weighted by molar-refractivity contribution is -0.122. The van der Waals surface area contributed by atoms with E-state index in [-0.39, 0.29) is 17.7 Å². The molecule has 0 bridgehead atoms. The maximum absolute atomic E-state index is 12.9. The fraction of sp³-hybridized carbons (Fsp3) is 0.458. The number of hydrogen-bond acceptors (Lipinski definition) is 7. The molecule has 178 valence electrons. The molecule has 0 saturated carbocycles. The number of amides is 2. The fourth-order valence-electron chi connectivity index (χ4n) is 3.79. The van der Waals surface area contributed by atoms with Crippen molar-refractivity contribution < 1.29 is 23.8 Å². The van der Waals surface area contributed by atoms with Gasteiger partial charge in [-0.25, -0.2) is 4.98 Å². The number of carbonyl (C=O) groups excluding carboxylic acids is 2. The van der Waals surface area contributed by atoms with E-state index in [2.05, 4.69) is 10.3 Å². The summed E-state index contributed by atoms with van der Waals surface area (Å²) in [7, 11) is 0. The minimum Gasteiger partial charge on any atom is -0.490 e. The number of nitrogens with one attached hydrogen (secondary N) is 1. The molecule has 3 N–H and O–H groups in total. The third-order valence-electron chi connectivity index (χ3n) is 5.32. The zero-order chi connectivity index (χ0) is 23.8. The predicted molar refractivity (Wildman–Crippen MR) is 126 cm³/mol. The summed E-state index contributed by atoms with van der Waals surface area (Å²) >= 11 is 0. The molecule has 1 aromatic heterocycles. The molecule has 9 heteroatoms. The molecule has 1 atom stereocenters. The van der Waals surface area contributed by atoms with Crippen molar-refractivity contribution in [2.45, 2.75) is 33.6 Å². The molecule has 1 saturated heterocycles. The van der Waals surface area contributed by atoms with Gasteiger partial charge in [0.05, 0.1) is 37.6 Å². The summed E-state index contributed by atoms with van der Waals surface area (Å²) in [6.07, 6.45) is 3.29. The molecular weight excluding hydrogens is 424 g/mol. The summed E-state index contributed by atoms with van der Waals surface area (Å²) in [6, 6.07) is 6.90. The molecule has 1 aromatic carbocycles. The van der Waals surface area contributed by atoms with Gasteiger partial charge in [0.2, 0.25) is 11.7 Å². The maximum atomic E-state index is 12.9. The molecule has 1 unspecified atom stereocenters. The third-order valence-corrected chi connectivity index (χ3v) is 5.32. The molecular formula is C24H32N4O5. The standard InChI is InChI=1S/C24H32N4O5/c1-4-31-19-12-17(13-20(32-5-2)22(19)33-6-3)24(30)27-18-9-10-21(26-14-18)28-11-7-8-16(15-28)23(25)29/h9-10,12-14,16H,4-8,11,15H2,1-3H3,(H2,25,29)(H,27,30). The minimum absolute atomic E-state index is 0.168. The highest BCUT2D eigenvalue weighted by molar-refractivity contribution is 6.05. The summed E-state index contributed by atoms with van der Waals surface area (Å²) in [5, 5.41) is 2.86. The molecule has 0 aliphatic carbocycles. The van der Waals surface area contributed by atoms with E-state index in [9.17, 15) is 9.59 Å². The molecule has 33 heavy (non-hydrogen) atoms. The number of nitrogens with zero attached hydrogens (tertiary/aromatic N) is 2. The fourth-order valence-corrected chi connectivity index (χ4v) is 3.79. The lowest BCUT2D eigenvalue weighted by atomic mass is 9.97. The average molecular weight is 457 g/mol. The first kappa shape index (κ1) is 24.2. The number of ether oxygens (including phenoxy) is 3. The van der Waals surface area contributed by atoms with Crippen molar-refractivity contribution in [3.63, 3.8) is 0 Å². The van der Waals surface area contributed by atoms with Crippen molar-refractivity contribution in [3.8, 4) is 17.2 Å². The Morgan fingerprint density at radius 1 is 1.09 bits per heavy atom. The molecule has 1 aliphatic rings. The Morgan fingerprint density at radius 2 is 1.76 bits per heavy atom. The summed E-state index contributed by atoms with van der Waals surface area (Å²) in [4.78, 5) is 31.0. The van der Waals surface area contributed by atoms with E-state index in [1.807, 2.05) is 31.7 Å². The van der Waals surface area contributed by atoms with E-state index in [4.69, 9.17) is 19.9 Å². The zero-order valence-corrected chi connectivity index (χ0v) is 19.4. The van der Waals surface area contributed by atoms with Gasteiger partial charge in [-0.1, -0.05) is 0 Å². The van der Waals surface area contributed by atoms with Crippen molar-refractivity contribution in [2.24, 2.45) is 11.7 Å². The largest absolute Gasteiger partial charge is 0.490 e. The van der Waals surface area contributed by atoms with Crippen LogP contribution in [-0.4, -0.2) is 49.7 Å². The van der Waals surface area contributed by atoms with Gasteiger partial charge in [0, 0.05) is 18.7 Å². The topological polar surface area (TPSA) is 116 Å². The second kappa shape index (κ2) is 11.4. The number of nitrogens with two attached hydrogens (primary N) is 1. The van der Waals surface area contributed by atoms with Crippen molar-refractivity contribution in [3.05, 3.63) is 36.0 Å². The van der Waals surface area contributed by atoms with Crippen LogP contribution in [0.3, 0.4) is 0 Å². The highest BCUT2D eigenvalue weighted by atomic mass is 16.5. The van der Waals surface area contributed by atoms with Crippen molar-refractivity contribution in [2.75, 3.05) is 43.1 Å². The highest BCUT2D eigenvalue weighted by Gasteiger charge is 2.25. The molecule has 3 rings (SSSR count). The zero-order valence-electron chi connectivity index (χ0n) is 19.4. The molecule has 1 fully saturated rings. The number of rotatable bonds is 10. The van der Waals surface area contributed by atoms with E-state index < -0.39 is 0 Å². The van der Waals surface area contributed by atoms with Crippen LogP contribution in [0.15, 0.2) is 30.5 Å². The second-order valence-corrected chi connectivity index (χ2v) is 7.65. The van der Waals surface area contributed by atoms with Gasteiger partial charge in [-0.15, -0.1) is 0 Å². The Morgan fingerprint density at radius 3 is 2.30 bits per heavy atom. The van der Waals surface area contributed by atoms with Gasteiger partial charge in [-0.3, -0.25) is 9.59 Å². The van der Waals surface area contributed by atoms with Gasteiger partial charge >= 0.3 is 0 Å². The monoisotopic (exact) mass is 456 g/mol. The summed E-state index contributed by atoms with van der Waals surface area (Å²) in [5.41, 5.74) is 6.40. The lowest BCUT2D eigenvalue weighted by Gasteiger charge is -2.32. The van der Waals surface area contributed by atoms with E-state index in [1.54, 1.807) is 24.4 Å². The Hall–Kier alpha value is -3.49. The number of carbonyl (C=O) groups is 2. The first-order valence-corrected chi connectivity index (χ1v) is 11.3. The number of aromatic nitrogens is 1. The molecule has 9 nitrogen and oxygen atoms in total. The van der Waals surface area contributed by atoms with E-state index in [0.717, 1.165) is 25.2 Å².